The standard InChI is InChI=1S/C19H19F3N4O2/c1-10-15-13(16(27)24-9-18(2,3)23)8-14(25-17(15)28-26-10)11-5-4-6-12(7-11)19(20,21)22/h4-8H,9,23H2,1-3H3,(H,24,27). The predicted octanol–water partition coefficient (Wildman–Crippen LogP) is 3.68. The highest BCUT2D eigenvalue weighted by molar-refractivity contribution is 6.07. The van der Waals surface area contributed by atoms with Gasteiger partial charge in [-0.2, -0.15) is 13.2 Å². The van der Waals surface area contributed by atoms with Crippen LogP contribution in [0.1, 0.15) is 35.5 Å². The van der Waals surface area contributed by atoms with Crippen molar-refractivity contribution in [3.8, 4) is 11.3 Å². The smallest absolute Gasteiger partial charge is 0.350 e. The van der Waals surface area contributed by atoms with Crippen molar-refractivity contribution in [3.05, 3.63) is 47.2 Å². The molecule has 0 saturated carbocycles. The minimum absolute atomic E-state index is 0.0737. The van der Waals surface area contributed by atoms with Gasteiger partial charge in [0, 0.05) is 17.6 Å². The number of alkyl halides is 3. The predicted molar refractivity (Wildman–Crippen MR) is 97.6 cm³/mol. The molecule has 0 atom stereocenters. The van der Waals surface area contributed by atoms with Gasteiger partial charge in [0.15, 0.2) is 0 Å². The number of pyridine rings is 1. The summed E-state index contributed by atoms with van der Waals surface area (Å²) in [7, 11) is 0. The Bertz CT molecular complexity index is 1040. The fourth-order valence-electron chi connectivity index (χ4n) is 2.68. The lowest BCUT2D eigenvalue weighted by molar-refractivity contribution is -0.137. The highest BCUT2D eigenvalue weighted by Crippen LogP contribution is 2.33. The van der Waals surface area contributed by atoms with E-state index in [1.807, 2.05) is 0 Å². The van der Waals surface area contributed by atoms with Crippen LogP contribution in [-0.2, 0) is 6.18 Å². The van der Waals surface area contributed by atoms with E-state index < -0.39 is 23.2 Å². The fraction of sp³-hybridized carbons (Fsp3) is 0.316. The van der Waals surface area contributed by atoms with Crippen LogP contribution in [0.25, 0.3) is 22.4 Å². The van der Waals surface area contributed by atoms with Crippen LogP contribution in [0.4, 0.5) is 13.2 Å². The minimum Gasteiger partial charge on any atom is -0.350 e. The topological polar surface area (TPSA) is 94.0 Å². The van der Waals surface area contributed by atoms with Gasteiger partial charge < -0.3 is 15.6 Å². The Kier molecular flexibility index (Phi) is 4.88. The number of carbonyl (C=O) groups excluding carboxylic acids is 1. The first-order valence-electron chi connectivity index (χ1n) is 8.47. The summed E-state index contributed by atoms with van der Waals surface area (Å²) in [5.41, 5.74) is 5.58. The summed E-state index contributed by atoms with van der Waals surface area (Å²) < 4.78 is 44.3. The van der Waals surface area contributed by atoms with Crippen molar-refractivity contribution in [1.82, 2.24) is 15.5 Å². The number of hydrogen-bond donors (Lipinski definition) is 2. The molecule has 3 aromatic rings. The van der Waals surface area contributed by atoms with E-state index in [0.717, 1.165) is 12.1 Å². The second-order valence-corrected chi connectivity index (χ2v) is 7.25. The number of benzene rings is 1. The molecule has 0 fully saturated rings. The van der Waals surface area contributed by atoms with Gasteiger partial charge in [0.1, 0.15) is 0 Å². The number of nitrogens with zero attached hydrogens (tertiary/aromatic N) is 2. The maximum absolute atomic E-state index is 13.0. The van der Waals surface area contributed by atoms with Crippen LogP contribution in [0.3, 0.4) is 0 Å². The van der Waals surface area contributed by atoms with E-state index in [0.29, 0.717) is 11.1 Å². The monoisotopic (exact) mass is 392 g/mol. The lowest BCUT2D eigenvalue weighted by atomic mass is 10.0. The summed E-state index contributed by atoms with van der Waals surface area (Å²) in [4.78, 5) is 17.0. The van der Waals surface area contributed by atoms with Gasteiger partial charge in [-0.05, 0) is 39.0 Å². The SMILES string of the molecule is Cc1noc2nc(-c3cccc(C(F)(F)F)c3)cc(C(=O)NCC(C)(C)N)c12. The van der Waals surface area contributed by atoms with Crippen LogP contribution in [0.2, 0.25) is 0 Å². The molecule has 2 heterocycles. The van der Waals surface area contributed by atoms with E-state index in [1.54, 1.807) is 20.8 Å². The molecule has 0 unspecified atom stereocenters. The molecule has 1 aromatic carbocycles. The number of aryl methyl sites for hydroxylation is 1. The largest absolute Gasteiger partial charge is 0.416 e. The normalized spacial score (nSPS) is 12.4. The molecule has 3 N–H and O–H groups in total. The number of rotatable bonds is 4. The maximum atomic E-state index is 13.0. The Labute approximate surface area is 158 Å². The van der Waals surface area contributed by atoms with Gasteiger partial charge in [0.25, 0.3) is 11.6 Å². The molecule has 0 radical (unpaired) electrons. The number of hydrogen-bond acceptors (Lipinski definition) is 5. The van der Waals surface area contributed by atoms with E-state index in [-0.39, 0.29) is 29.1 Å². The third kappa shape index (κ3) is 4.14. The average Bonchev–Trinajstić information content (AvgIpc) is 2.99. The van der Waals surface area contributed by atoms with Gasteiger partial charge in [-0.15, -0.1) is 0 Å². The highest BCUT2D eigenvalue weighted by atomic mass is 19.4. The summed E-state index contributed by atoms with van der Waals surface area (Å²) in [5, 5.41) is 6.94. The zero-order valence-electron chi connectivity index (χ0n) is 15.5. The molecule has 0 aliphatic rings. The van der Waals surface area contributed by atoms with Crippen LogP contribution < -0.4 is 11.1 Å². The van der Waals surface area contributed by atoms with Crippen molar-refractivity contribution in [3.63, 3.8) is 0 Å². The van der Waals surface area contributed by atoms with Crippen LogP contribution in [0, 0.1) is 6.92 Å². The van der Waals surface area contributed by atoms with Gasteiger partial charge in [0.2, 0.25) is 0 Å². The Morgan fingerprint density at radius 2 is 1.96 bits per heavy atom. The van der Waals surface area contributed by atoms with Gasteiger partial charge >= 0.3 is 6.18 Å². The van der Waals surface area contributed by atoms with Crippen molar-refractivity contribution < 1.29 is 22.5 Å². The van der Waals surface area contributed by atoms with Gasteiger partial charge in [-0.3, -0.25) is 4.79 Å². The van der Waals surface area contributed by atoms with E-state index in [2.05, 4.69) is 15.5 Å². The van der Waals surface area contributed by atoms with Crippen LogP contribution in [-0.4, -0.2) is 28.1 Å². The third-order valence-electron chi connectivity index (χ3n) is 4.05. The third-order valence-corrected chi connectivity index (χ3v) is 4.05. The number of carbonyl (C=O) groups is 1. The molecule has 3 rings (SSSR count). The summed E-state index contributed by atoms with van der Waals surface area (Å²) >= 11 is 0. The van der Waals surface area contributed by atoms with Crippen molar-refractivity contribution in [2.75, 3.05) is 6.54 Å². The second-order valence-electron chi connectivity index (χ2n) is 7.25. The number of aromatic nitrogens is 2. The molecule has 1 amide bonds. The summed E-state index contributed by atoms with van der Waals surface area (Å²) in [6.07, 6.45) is -4.49. The first-order valence-corrected chi connectivity index (χ1v) is 8.47. The summed E-state index contributed by atoms with van der Waals surface area (Å²) in [6.45, 7) is 5.38. The Morgan fingerprint density at radius 3 is 2.61 bits per heavy atom. The molecule has 0 saturated heterocycles. The molecule has 0 aliphatic heterocycles. The molecule has 0 bridgehead atoms. The van der Waals surface area contributed by atoms with Crippen LogP contribution in [0.5, 0.6) is 0 Å². The first-order chi connectivity index (χ1) is 13.0. The summed E-state index contributed by atoms with van der Waals surface area (Å²) in [6, 6.07) is 6.14. The zero-order chi connectivity index (χ0) is 20.7. The van der Waals surface area contributed by atoms with Crippen molar-refractivity contribution >= 4 is 17.0 Å². The molecule has 0 spiro atoms. The Balaban J connectivity index is 2.10. The second kappa shape index (κ2) is 6.90. The van der Waals surface area contributed by atoms with Gasteiger partial charge in [0.05, 0.1) is 27.9 Å². The zero-order valence-corrected chi connectivity index (χ0v) is 15.5. The molecular weight excluding hydrogens is 373 g/mol. The van der Waals surface area contributed by atoms with E-state index in [9.17, 15) is 18.0 Å². The van der Waals surface area contributed by atoms with E-state index >= 15 is 0 Å². The first kappa shape index (κ1) is 19.8. The lowest BCUT2D eigenvalue weighted by Gasteiger charge is -2.19. The molecule has 0 aliphatic carbocycles. The Hall–Kier alpha value is -2.94. The van der Waals surface area contributed by atoms with Crippen molar-refractivity contribution in [2.24, 2.45) is 5.73 Å². The lowest BCUT2D eigenvalue weighted by Crippen LogP contribution is -2.45. The maximum Gasteiger partial charge on any atom is 0.416 e. The van der Waals surface area contributed by atoms with Crippen molar-refractivity contribution in [1.29, 1.82) is 0 Å². The van der Waals surface area contributed by atoms with E-state index in [4.69, 9.17) is 10.3 Å². The molecule has 28 heavy (non-hydrogen) atoms. The number of amides is 1. The summed E-state index contributed by atoms with van der Waals surface area (Å²) in [5.74, 6) is -0.439. The number of nitrogens with one attached hydrogen (secondary N) is 1. The number of halogens is 3. The average molecular weight is 392 g/mol. The van der Waals surface area contributed by atoms with E-state index in [1.165, 1.54) is 18.2 Å². The highest BCUT2D eigenvalue weighted by Gasteiger charge is 2.30. The Morgan fingerprint density at radius 1 is 1.25 bits per heavy atom. The quantitative estimate of drug-likeness (QED) is 0.706. The minimum atomic E-state index is -4.49. The van der Waals surface area contributed by atoms with Gasteiger partial charge in [-0.1, -0.05) is 17.3 Å². The fourth-order valence-corrected chi connectivity index (χ4v) is 2.68. The number of nitrogens with two attached hydrogens (primary N) is 1. The molecule has 9 heteroatoms. The van der Waals surface area contributed by atoms with Gasteiger partial charge in [-0.25, -0.2) is 4.98 Å². The van der Waals surface area contributed by atoms with Crippen LogP contribution >= 0.6 is 0 Å². The number of fused-ring (bicyclic) bond motifs is 1. The van der Waals surface area contributed by atoms with Crippen molar-refractivity contribution in [2.45, 2.75) is 32.5 Å². The molecule has 2 aromatic heterocycles. The molecule has 6 nitrogen and oxygen atoms in total. The molecular formula is C19H19F3N4O2. The van der Waals surface area contributed by atoms with Crippen LogP contribution in [0.15, 0.2) is 34.9 Å². The molecule has 148 valence electrons.